The second kappa shape index (κ2) is 7.04. The summed E-state index contributed by atoms with van der Waals surface area (Å²) in [6, 6.07) is 8.95. The van der Waals surface area contributed by atoms with Gasteiger partial charge < -0.3 is 10.1 Å². The number of aryl methyl sites for hydroxylation is 1. The molecular formula is C16H26N2O. The van der Waals surface area contributed by atoms with Gasteiger partial charge in [-0.25, -0.2) is 0 Å². The number of nitrogens with zero attached hydrogens (tertiary/aromatic N) is 1. The molecule has 19 heavy (non-hydrogen) atoms. The molecule has 1 aliphatic heterocycles. The van der Waals surface area contributed by atoms with E-state index in [2.05, 4.69) is 55.3 Å². The van der Waals surface area contributed by atoms with Crippen LogP contribution in [0.1, 0.15) is 31.0 Å². The Bertz CT molecular complexity index is 394. The van der Waals surface area contributed by atoms with Gasteiger partial charge in [-0.1, -0.05) is 31.2 Å². The van der Waals surface area contributed by atoms with Gasteiger partial charge in [-0.05, 0) is 31.5 Å². The van der Waals surface area contributed by atoms with Gasteiger partial charge in [0, 0.05) is 25.7 Å². The Labute approximate surface area is 116 Å². The van der Waals surface area contributed by atoms with Crippen molar-refractivity contribution in [3.8, 4) is 0 Å². The van der Waals surface area contributed by atoms with Crippen molar-refractivity contribution >= 4 is 0 Å². The van der Waals surface area contributed by atoms with Gasteiger partial charge >= 0.3 is 0 Å². The van der Waals surface area contributed by atoms with E-state index in [-0.39, 0.29) is 0 Å². The molecule has 1 fully saturated rings. The van der Waals surface area contributed by atoms with Crippen molar-refractivity contribution in [2.75, 3.05) is 32.8 Å². The summed E-state index contributed by atoms with van der Waals surface area (Å²) in [6.45, 7) is 11.6. The molecule has 0 saturated carbocycles. The van der Waals surface area contributed by atoms with Crippen LogP contribution >= 0.6 is 0 Å². The molecule has 0 amide bonds. The van der Waals surface area contributed by atoms with Crippen molar-refractivity contribution in [2.24, 2.45) is 0 Å². The zero-order chi connectivity index (χ0) is 13.7. The molecular weight excluding hydrogens is 236 g/mol. The summed E-state index contributed by atoms with van der Waals surface area (Å²) in [5.41, 5.74) is 2.73. The van der Waals surface area contributed by atoms with Gasteiger partial charge in [-0.15, -0.1) is 0 Å². The molecule has 2 atom stereocenters. The maximum absolute atomic E-state index is 5.82. The fourth-order valence-corrected chi connectivity index (χ4v) is 2.68. The minimum Gasteiger partial charge on any atom is -0.374 e. The van der Waals surface area contributed by atoms with Crippen molar-refractivity contribution in [1.29, 1.82) is 0 Å². The molecule has 1 N–H and O–H groups in total. The molecule has 0 aliphatic carbocycles. The van der Waals surface area contributed by atoms with E-state index in [0.717, 1.165) is 32.8 Å². The van der Waals surface area contributed by atoms with Gasteiger partial charge in [-0.2, -0.15) is 0 Å². The first-order chi connectivity index (χ1) is 9.20. The average Bonchev–Trinajstić information content (AvgIpc) is 2.45. The number of ether oxygens (including phenoxy) is 1. The Morgan fingerprint density at radius 3 is 2.95 bits per heavy atom. The van der Waals surface area contributed by atoms with Gasteiger partial charge in [0.05, 0.1) is 12.7 Å². The Hall–Kier alpha value is -0.900. The van der Waals surface area contributed by atoms with Crippen molar-refractivity contribution in [1.82, 2.24) is 10.2 Å². The summed E-state index contributed by atoms with van der Waals surface area (Å²) in [6.07, 6.45) is 0.320. The first-order valence-corrected chi connectivity index (χ1v) is 7.33. The van der Waals surface area contributed by atoms with Crippen LogP contribution in [-0.4, -0.2) is 43.8 Å². The largest absolute Gasteiger partial charge is 0.374 e. The summed E-state index contributed by atoms with van der Waals surface area (Å²) in [4.78, 5) is 2.45. The van der Waals surface area contributed by atoms with Crippen molar-refractivity contribution < 1.29 is 4.74 Å². The van der Waals surface area contributed by atoms with Gasteiger partial charge in [0.1, 0.15) is 0 Å². The van der Waals surface area contributed by atoms with E-state index in [0.29, 0.717) is 12.1 Å². The molecule has 2 rings (SSSR count). The molecule has 0 radical (unpaired) electrons. The van der Waals surface area contributed by atoms with Crippen molar-refractivity contribution in [3.63, 3.8) is 0 Å². The Morgan fingerprint density at radius 1 is 1.42 bits per heavy atom. The Morgan fingerprint density at radius 2 is 2.21 bits per heavy atom. The third kappa shape index (κ3) is 4.03. The van der Waals surface area contributed by atoms with Crippen LogP contribution in [0, 0.1) is 6.92 Å². The molecule has 1 aromatic rings. The SMILES string of the molecule is CCN1CCOC(CN[C@@H](C)c2ccccc2C)C1. The minimum absolute atomic E-state index is 0.320. The Kier molecular flexibility index (Phi) is 5.37. The number of benzene rings is 1. The predicted octanol–water partition coefficient (Wildman–Crippen LogP) is 2.37. The molecule has 106 valence electrons. The van der Waals surface area contributed by atoms with Gasteiger partial charge in [-0.3, -0.25) is 4.90 Å². The van der Waals surface area contributed by atoms with E-state index < -0.39 is 0 Å². The van der Waals surface area contributed by atoms with Crippen molar-refractivity contribution in [2.45, 2.75) is 32.9 Å². The molecule has 3 heteroatoms. The molecule has 1 heterocycles. The number of hydrogen-bond donors (Lipinski definition) is 1. The molecule has 0 spiro atoms. The van der Waals surface area contributed by atoms with Gasteiger partial charge in [0.2, 0.25) is 0 Å². The lowest BCUT2D eigenvalue weighted by Gasteiger charge is -2.33. The first-order valence-electron chi connectivity index (χ1n) is 7.33. The predicted molar refractivity (Wildman–Crippen MR) is 79.5 cm³/mol. The highest BCUT2D eigenvalue weighted by Crippen LogP contribution is 2.16. The summed E-state index contributed by atoms with van der Waals surface area (Å²) in [7, 11) is 0. The van der Waals surface area contributed by atoms with Crippen molar-refractivity contribution in [3.05, 3.63) is 35.4 Å². The second-order valence-corrected chi connectivity index (χ2v) is 5.37. The number of nitrogens with one attached hydrogen (secondary N) is 1. The van der Waals surface area contributed by atoms with E-state index >= 15 is 0 Å². The first kappa shape index (κ1) is 14.5. The molecule has 1 aromatic carbocycles. The smallest absolute Gasteiger partial charge is 0.0826 e. The van der Waals surface area contributed by atoms with Crippen LogP contribution in [0.3, 0.4) is 0 Å². The summed E-state index contributed by atoms with van der Waals surface area (Å²) in [5, 5.41) is 3.60. The molecule has 1 unspecified atom stereocenters. The highest BCUT2D eigenvalue weighted by Gasteiger charge is 2.19. The third-order valence-electron chi connectivity index (χ3n) is 3.98. The summed E-state index contributed by atoms with van der Waals surface area (Å²) >= 11 is 0. The molecule has 0 aromatic heterocycles. The molecule has 3 nitrogen and oxygen atoms in total. The highest BCUT2D eigenvalue weighted by molar-refractivity contribution is 5.28. The number of likely N-dealkylation sites (N-methyl/N-ethyl adjacent to an activating group) is 1. The molecule has 1 saturated heterocycles. The summed E-state index contributed by atoms with van der Waals surface area (Å²) < 4.78 is 5.82. The van der Waals surface area contributed by atoms with Gasteiger partial charge in [0.15, 0.2) is 0 Å². The fraction of sp³-hybridized carbons (Fsp3) is 0.625. The van der Waals surface area contributed by atoms with Crippen LogP contribution in [0.25, 0.3) is 0 Å². The lowest BCUT2D eigenvalue weighted by Crippen LogP contribution is -2.46. The highest BCUT2D eigenvalue weighted by atomic mass is 16.5. The topological polar surface area (TPSA) is 24.5 Å². The zero-order valence-corrected chi connectivity index (χ0v) is 12.4. The Balaban J connectivity index is 1.83. The second-order valence-electron chi connectivity index (χ2n) is 5.37. The van der Waals surface area contributed by atoms with Crippen LogP contribution in [0.5, 0.6) is 0 Å². The van der Waals surface area contributed by atoms with Crippen LogP contribution < -0.4 is 5.32 Å². The van der Waals surface area contributed by atoms with E-state index in [4.69, 9.17) is 4.74 Å². The van der Waals surface area contributed by atoms with E-state index in [1.165, 1.54) is 11.1 Å². The lowest BCUT2D eigenvalue weighted by molar-refractivity contribution is -0.0262. The zero-order valence-electron chi connectivity index (χ0n) is 12.4. The monoisotopic (exact) mass is 262 g/mol. The van der Waals surface area contributed by atoms with E-state index in [1.54, 1.807) is 0 Å². The third-order valence-corrected chi connectivity index (χ3v) is 3.98. The number of rotatable bonds is 5. The number of morpholine rings is 1. The lowest BCUT2D eigenvalue weighted by atomic mass is 10.0. The quantitative estimate of drug-likeness (QED) is 0.881. The number of hydrogen-bond acceptors (Lipinski definition) is 3. The van der Waals surface area contributed by atoms with E-state index in [9.17, 15) is 0 Å². The van der Waals surface area contributed by atoms with Crippen LogP contribution in [-0.2, 0) is 4.74 Å². The standard InChI is InChI=1S/C16H26N2O/c1-4-18-9-10-19-15(12-18)11-17-14(3)16-8-6-5-7-13(16)2/h5-8,14-15,17H,4,9-12H2,1-3H3/t14-,15?/m0/s1. The maximum atomic E-state index is 5.82. The fourth-order valence-electron chi connectivity index (χ4n) is 2.68. The molecule has 0 bridgehead atoms. The molecule has 1 aliphatic rings. The normalized spacial score (nSPS) is 22.4. The summed E-state index contributed by atoms with van der Waals surface area (Å²) in [5.74, 6) is 0. The minimum atomic E-state index is 0.320. The van der Waals surface area contributed by atoms with Crippen LogP contribution in [0.2, 0.25) is 0 Å². The van der Waals surface area contributed by atoms with Gasteiger partial charge in [0.25, 0.3) is 0 Å². The van der Waals surface area contributed by atoms with Crippen LogP contribution in [0.15, 0.2) is 24.3 Å². The van der Waals surface area contributed by atoms with Crippen LogP contribution in [0.4, 0.5) is 0 Å². The maximum Gasteiger partial charge on any atom is 0.0826 e. The average molecular weight is 262 g/mol. The van der Waals surface area contributed by atoms with E-state index in [1.807, 2.05) is 0 Å².